The van der Waals surface area contributed by atoms with Crippen LogP contribution in [0.3, 0.4) is 0 Å². The third-order valence-electron chi connectivity index (χ3n) is 3.18. The molecular formula is C15H13N3O3S2. The highest BCUT2D eigenvalue weighted by atomic mass is 32.2. The molecule has 0 saturated heterocycles. The molecule has 0 bridgehead atoms. The topological polar surface area (TPSA) is 92.2 Å². The number of aromatic hydroxyl groups is 1. The van der Waals surface area contributed by atoms with Crippen LogP contribution < -0.4 is 4.72 Å². The predicted molar refractivity (Wildman–Crippen MR) is 86.6 cm³/mol. The molecule has 1 atom stereocenters. The molecule has 1 aromatic heterocycles. The van der Waals surface area contributed by atoms with Crippen molar-refractivity contribution in [1.82, 2.24) is 14.1 Å². The van der Waals surface area contributed by atoms with E-state index in [1.807, 2.05) is 0 Å². The van der Waals surface area contributed by atoms with Gasteiger partial charge in [-0.2, -0.15) is 9.10 Å². The summed E-state index contributed by atoms with van der Waals surface area (Å²) in [6.45, 7) is 0. The van der Waals surface area contributed by atoms with Crippen LogP contribution in [-0.2, 0) is 10.0 Å². The van der Waals surface area contributed by atoms with Crippen LogP contribution in [0.1, 0.15) is 16.6 Å². The van der Waals surface area contributed by atoms with Gasteiger partial charge in [-0.15, -0.1) is 0 Å². The maximum atomic E-state index is 12.6. The van der Waals surface area contributed by atoms with Crippen LogP contribution in [0, 0.1) is 0 Å². The van der Waals surface area contributed by atoms with Gasteiger partial charge >= 0.3 is 0 Å². The largest absolute Gasteiger partial charge is 0.508 e. The number of benzene rings is 2. The van der Waals surface area contributed by atoms with E-state index in [2.05, 4.69) is 14.1 Å². The molecule has 1 heterocycles. The maximum absolute atomic E-state index is 12.6. The summed E-state index contributed by atoms with van der Waals surface area (Å²) in [5, 5.41) is 9.94. The zero-order valence-corrected chi connectivity index (χ0v) is 13.5. The molecule has 6 nitrogen and oxygen atoms in total. The Morgan fingerprint density at radius 3 is 2.35 bits per heavy atom. The molecule has 0 aliphatic heterocycles. The van der Waals surface area contributed by atoms with Gasteiger partial charge in [0.2, 0.25) is 10.0 Å². The minimum Gasteiger partial charge on any atom is -0.508 e. The molecule has 2 N–H and O–H groups in total. The standard InChI is InChI=1S/C15H13N3O3S2/c19-12-8-6-11(7-9-12)14(15-16-10-17-22-15)18-23(20,21)13-4-2-1-3-5-13/h1-10,14,18-19H. The lowest BCUT2D eigenvalue weighted by molar-refractivity contribution is 0.475. The number of nitrogens with one attached hydrogen (secondary N) is 1. The molecule has 2 aromatic carbocycles. The van der Waals surface area contributed by atoms with E-state index in [4.69, 9.17) is 0 Å². The summed E-state index contributed by atoms with van der Waals surface area (Å²) in [6, 6.07) is 13.7. The molecule has 8 heteroatoms. The van der Waals surface area contributed by atoms with Gasteiger partial charge in [-0.1, -0.05) is 30.3 Å². The lowest BCUT2D eigenvalue weighted by atomic mass is 10.1. The summed E-state index contributed by atoms with van der Waals surface area (Å²) < 4.78 is 31.7. The number of rotatable bonds is 5. The van der Waals surface area contributed by atoms with Gasteiger partial charge in [-0.05, 0) is 41.4 Å². The van der Waals surface area contributed by atoms with E-state index in [0.717, 1.165) is 11.5 Å². The number of hydrogen-bond acceptors (Lipinski definition) is 6. The number of nitrogens with zero attached hydrogens (tertiary/aromatic N) is 2. The highest BCUT2D eigenvalue weighted by Gasteiger charge is 2.25. The highest BCUT2D eigenvalue weighted by Crippen LogP contribution is 2.26. The summed E-state index contributed by atoms with van der Waals surface area (Å²) in [7, 11) is -3.72. The summed E-state index contributed by atoms with van der Waals surface area (Å²) in [5.74, 6) is 0.107. The van der Waals surface area contributed by atoms with E-state index in [1.54, 1.807) is 30.3 Å². The van der Waals surface area contributed by atoms with Crippen LogP contribution in [0.4, 0.5) is 0 Å². The monoisotopic (exact) mass is 347 g/mol. The lowest BCUT2D eigenvalue weighted by Gasteiger charge is -2.17. The quantitative estimate of drug-likeness (QED) is 0.739. The molecule has 23 heavy (non-hydrogen) atoms. The number of phenolic OH excluding ortho intramolecular Hbond substituents is 1. The Hall–Kier alpha value is -2.29. The molecule has 1 unspecified atom stereocenters. The van der Waals surface area contributed by atoms with Crippen molar-refractivity contribution in [3.63, 3.8) is 0 Å². The SMILES string of the molecule is O=S(=O)(NC(c1ccc(O)cc1)c1ncns1)c1ccccc1. The first-order valence-electron chi connectivity index (χ1n) is 6.69. The van der Waals surface area contributed by atoms with E-state index in [0.29, 0.717) is 10.6 Å². The van der Waals surface area contributed by atoms with Crippen molar-refractivity contribution in [2.24, 2.45) is 0 Å². The predicted octanol–water partition coefficient (Wildman–Crippen LogP) is 2.31. The fourth-order valence-corrected chi connectivity index (χ4v) is 3.94. The number of phenols is 1. The zero-order chi connectivity index (χ0) is 16.3. The highest BCUT2D eigenvalue weighted by molar-refractivity contribution is 7.89. The van der Waals surface area contributed by atoms with E-state index in [1.165, 1.54) is 30.6 Å². The molecule has 0 spiro atoms. The Morgan fingerprint density at radius 1 is 1.04 bits per heavy atom. The zero-order valence-electron chi connectivity index (χ0n) is 11.8. The second-order valence-electron chi connectivity index (χ2n) is 4.74. The average Bonchev–Trinajstić information content (AvgIpc) is 3.09. The molecule has 3 aromatic rings. The Morgan fingerprint density at radius 2 is 1.74 bits per heavy atom. The lowest BCUT2D eigenvalue weighted by Crippen LogP contribution is -2.29. The molecule has 0 radical (unpaired) electrons. The van der Waals surface area contributed by atoms with Gasteiger partial charge in [-0.3, -0.25) is 0 Å². The van der Waals surface area contributed by atoms with E-state index in [-0.39, 0.29) is 10.6 Å². The fraction of sp³-hybridized carbons (Fsp3) is 0.0667. The van der Waals surface area contributed by atoms with Crippen LogP contribution in [0.5, 0.6) is 5.75 Å². The third-order valence-corrected chi connectivity index (χ3v) is 5.34. The Kier molecular flexibility index (Phi) is 4.37. The van der Waals surface area contributed by atoms with Crippen LogP contribution in [0.25, 0.3) is 0 Å². The van der Waals surface area contributed by atoms with E-state index < -0.39 is 16.1 Å². The Labute approximate surface area is 137 Å². The molecule has 3 rings (SSSR count). The first-order chi connectivity index (χ1) is 11.1. The number of sulfonamides is 1. The summed E-state index contributed by atoms with van der Waals surface area (Å²) in [4.78, 5) is 4.29. The summed E-state index contributed by atoms with van der Waals surface area (Å²) in [5.41, 5.74) is 0.666. The van der Waals surface area contributed by atoms with Gasteiger partial charge in [0.15, 0.2) is 0 Å². The summed E-state index contributed by atoms with van der Waals surface area (Å²) >= 11 is 1.12. The molecule has 0 aliphatic carbocycles. The van der Waals surface area contributed by atoms with E-state index in [9.17, 15) is 13.5 Å². The molecule has 0 fully saturated rings. The van der Waals surface area contributed by atoms with Crippen molar-refractivity contribution < 1.29 is 13.5 Å². The van der Waals surface area contributed by atoms with Crippen molar-refractivity contribution in [1.29, 1.82) is 0 Å². The second-order valence-corrected chi connectivity index (χ2v) is 7.26. The van der Waals surface area contributed by atoms with Gasteiger partial charge in [-0.25, -0.2) is 13.4 Å². The maximum Gasteiger partial charge on any atom is 0.241 e. The Balaban J connectivity index is 1.98. The smallest absolute Gasteiger partial charge is 0.241 e. The first kappa shape index (κ1) is 15.6. The Bertz CT molecular complexity index is 864. The van der Waals surface area contributed by atoms with Gasteiger partial charge in [0.05, 0.1) is 4.90 Å². The van der Waals surface area contributed by atoms with E-state index >= 15 is 0 Å². The minimum absolute atomic E-state index is 0.107. The van der Waals surface area contributed by atoms with Gasteiger partial charge in [0, 0.05) is 0 Å². The molecule has 0 saturated carbocycles. The first-order valence-corrected chi connectivity index (χ1v) is 8.95. The fourth-order valence-electron chi connectivity index (χ4n) is 2.06. The second kappa shape index (κ2) is 6.45. The molecule has 118 valence electrons. The number of hydrogen-bond donors (Lipinski definition) is 2. The normalized spacial score (nSPS) is 12.9. The summed E-state index contributed by atoms with van der Waals surface area (Å²) in [6.07, 6.45) is 1.38. The van der Waals surface area contributed by atoms with Crippen molar-refractivity contribution in [3.05, 3.63) is 71.5 Å². The minimum atomic E-state index is -3.72. The van der Waals surface area contributed by atoms with Crippen molar-refractivity contribution in [3.8, 4) is 5.75 Å². The van der Waals surface area contributed by atoms with Crippen LogP contribution in [-0.4, -0.2) is 22.9 Å². The van der Waals surface area contributed by atoms with Crippen molar-refractivity contribution in [2.75, 3.05) is 0 Å². The van der Waals surface area contributed by atoms with Crippen molar-refractivity contribution in [2.45, 2.75) is 10.9 Å². The van der Waals surface area contributed by atoms with Gasteiger partial charge < -0.3 is 5.11 Å². The average molecular weight is 347 g/mol. The molecule has 0 aliphatic rings. The molecular weight excluding hydrogens is 334 g/mol. The van der Waals surface area contributed by atoms with Gasteiger partial charge in [0.25, 0.3) is 0 Å². The van der Waals surface area contributed by atoms with Crippen molar-refractivity contribution >= 4 is 21.6 Å². The van der Waals surface area contributed by atoms with Crippen LogP contribution in [0.2, 0.25) is 0 Å². The molecule has 0 amide bonds. The third kappa shape index (κ3) is 3.55. The van der Waals surface area contributed by atoms with Crippen LogP contribution in [0.15, 0.2) is 65.8 Å². The van der Waals surface area contributed by atoms with Crippen LogP contribution >= 0.6 is 11.5 Å². The van der Waals surface area contributed by atoms with Gasteiger partial charge in [0.1, 0.15) is 23.1 Å². The number of aromatic nitrogens is 2.